The van der Waals surface area contributed by atoms with Crippen LogP contribution in [-0.2, 0) is 4.79 Å². The second-order valence-corrected chi connectivity index (χ2v) is 3.93. The smallest absolute Gasteiger partial charge is 0.221 e. The minimum absolute atomic E-state index is 0.0763. The van der Waals surface area contributed by atoms with Gasteiger partial charge in [0.05, 0.1) is 0 Å². The summed E-state index contributed by atoms with van der Waals surface area (Å²) in [7, 11) is 0. The van der Waals surface area contributed by atoms with Crippen molar-refractivity contribution in [1.29, 1.82) is 0 Å². The lowest BCUT2D eigenvalue weighted by Gasteiger charge is -2.03. The molecule has 0 saturated heterocycles. The fraction of sp³-hybridized carbons (Fsp3) is 0.889. The number of thioether (sulfide) groups is 1. The highest BCUT2D eigenvalue weighted by Gasteiger charge is 1.96. The molecule has 0 heterocycles. The number of nitrogens with one attached hydrogen (secondary N) is 1. The zero-order chi connectivity index (χ0) is 9.94. The van der Waals surface area contributed by atoms with E-state index in [2.05, 4.69) is 11.6 Å². The highest BCUT2D eigenvalue weighted by molar-refractivity contribution is 7.98. The van der Waals surface area contributed by atoms with Crippen LogP contribution in [0.4, 0.5) is 0 Å². The zero-order valence-electron chi connectivity index (χ0n) is 8.34. The predicted octanol–water partition coefficient (Wildman–Crippen LogP) is 0.985. The van der Waals surface area contributed by atoms with Gasteiger partial charge in [0.2, 0.25) is 5.91 Å². The number of rotatable bonds is 8. The number of hydrogen-bond donors (Lipinski definition) is 2. The summed E-state index contributed by atoms with van der Waals surface area (Å²) in [4.78, 5) is 10.9. The third kappa shape index (κ3) is 9.70. The number of carbonyl (C=O) groups is 1. The van der Waals surface area contributed by atoms with Gasteiger partial charge in [-0.1, -0.05) is 6.42 Å². The van der Waals surface area contributed by atoms with Gasteiger partial charge >= 0.3 is 0 Å². The molecule has 4 heteroatoms. The fourth-order valence-corrected chi connectivity index (χ4v) is 1.49. The maximum atomic E-state index is 10.9. The van der Waals surface area contributed by atoms with Crippen LogP contribution in [0.5, 0.6) is 0 Å². The van der Waals surface area contributed by atoms with Crippen molar-refractivity contribution >= 4 is 17.7 Å². The number of nitrogens with two attached hydrogens (primary N) is 1. The van der Waals surface area contributed by atoms with Gasteiger partial charge in [0, 0.05) is 19.5 Å². The summed E-state index contributed by atoms with van der Waals surface area (Å²) in [6.45, 7) is 1.24. The summed E-state index contributed by atoms with van der Waals surface area (Å²) in [5, 5.41) is 2.83. The second-order valence-electron chi connectivity index (χ2n) is 2.94. The molecule has 3 nitrogen and oxygen atoms in total. The molecule has 0 atom stereocenters. The van der Waals surface area contributed by atoms with Gasteiger partial charge < -0.3 is 11.1 Å². The Hall–Kier alpha value is -0.220. The van der Waals surface area contributed by atoms with Crippen LogP contribution in [0.2, 0.25) is 0 Å². The Morgan fingerprint density at radius 3 is 2.77 bits per heavy atom. The standard InChI is InChI=1S/C9H20N2OS/c1-13-8-4-2-3-7-11-9(12)5-6-10/h2-8,10H2,1H3,(H,11,12). The van der Waals surface area contributed by atoms with Crippen LogP contribution < -0.4 is 11.1 Å². The van der Waals surface area contributed by atoms with E-state index >= 15 is 0 Å². The van der Waals surface area contributed by atoms with Crippen LogP contribution >= 0.6 is 11.8 Å². The maximum Gasteiger partial charge on any atom is 0.221 e. The highest BCUT2D eigenvalue weighted by Crippen LogP contribution is 2.01. The van der Waals surface area contributed by atoms with E-state index in [9.17, 15) is 4.79 Å². The van der Waals surface area contributed by atoms with Gasteiger partial charge in [0.1, 0.15) is 0 Å². The Balaban J connectivity index is 3.02. The van der Waals surface area contributed by atoms with E-state index in [1.165, 1.54) is 18.6 Å². The number of unbranched alkanes of at least 4 members (excludes halogenated alkanes) is 2. The fourth-order valence-electron chi connectivity index (χ4n) is 0.995. The molecule has 13 heavy (non-hydrogen) atoms. The van der Waals surface area contributed by atoms with Crippen LogP contribution in [0.25, 0.3) is 0 Å². The van der Waals surface area contributed by atoms with Crippen LogP contribution in [0.15, 0.2) is 0 Å². The molecule has 0 bridgehead atoms. The maximum absolute atomic E-state index is 10.9. The Morgan fingerprint density at radius 1 is 1.38 bits per heavy atom. The third-order valence-electron chi connectivity index (χ3n) is 1.72. The largest absolute Gasteiger partial charge is 0.356 e. The molecule has 0 aromatic rings. The van der Waals surface area contributed by atoms with Crippen molar-refractivity contribution < 1.29 is 4.79 Å². The molecule has 0 aliphatic rings. The predicted molar refractivity (Wildman–Crippen MR) is 58.9 cm³/mol. The molecule has 0 aromatic carbocycles. The van der Waals surface area contributed by atoms with E-state index < -0.39 is 0 Å². The Labute approximate surface area is 84.8 Å². The van der Waals surface area contributed by atoms with Crippen molar-refractivity contribution in [3.63, 3.8) is 0 Å². The lowest BCUT2D eigenvalue weighted by atomic mass is 10.2. The normalized spacial score (nSPS) is 10.0. The number of amides is 1. The minimum atomic E-state index is 0.0763. The van der Waals surface area contributed by atoms with E-state index in [-0.39, 0.29) is 5.91 Å². The van der Waals surface area contributed by atoms with E-state index in [1.807, 2.05) is 11.8 Å². The molecule has 0 fully saturated rings. The van der Waals surface area contributed by atoms with E-state index in [0.717, 1.165) is 13.0 Å². The minimum Gasteiger partial charge on any atom is -0.356 e. The molecule has 78 valence electrons. The SMILES string of the molecule is CSCCCCCNC(=O)CCN. The first-order chi connectivity index (χ1) is 6.31. The van der Waals surface area contributed by atoms with Crippen molar-refractivity contribution in [3.05, 3.63) is 0 Å². The highest BCUT2D eigenvalue weighted by atomic mass is 32.2. The molecule has 0 aliphatic heterocycles. The molecular formula is C9H20N2OS. The van der Waals surface area contributed by atoms with E-state index in [1.54, 1.807) is 0 Å². The molecule has 0 radical (unpaired) electrons. The van der Waals surface area contributed by atoms with Gasteiger partial charge in [-0.2, -0.15) is 11.8 Å². The molecule has 1 amide bonds. The molecule has 0 aliphatic carbocycles. The number of carbonyl (C=O) groups excluding carboxylic acids is 1. The van der Waals surface area contributed by atoms with Gasteiger partial charge in [0.15, 0.2) is 0 Å². The van der Waals surface area contributed by atoms with Gasteiger partial charge in [-0.05, 0) is 24.9 Å². The third-order valence-corrected chi connectivity index (χ3v) is 2.42. The molecular weight excluding hydrogens is 184 g/mol. The van der Waals surface area contributed by atoms with Crippen molar-refractivity contribution in [2.75, 3.05) is 25.1 Å². The van der Waals surface area contributed by atoms with Crippen LogP contribution in [0.3, 0.4) is 0 Å². The first kappa shape index (κ1) is 12.8. The summed E-state index contributed by atoms with van der Waals surface area (Å²) in [6.07, 6.45) is 6.09. The molecule has 0 spiro atoms. The molecule has 0 saturated carbocycles. The van der Waals surface area contributed by atoms with Crippen LogP contribution in [0.1, 0.15) is 25.7 Å². The van der Waals surface area contributed by atoms with Crippen molar-refractivity contribution in [1.82, 2.24) is 5.32 Å². The van der Waals surface area contributed by atoms with Crippen LogP contribution in [0, 0.1) is 0 Å². The molecule has 0 unspecified atom stereocenters. The lowest BCUT2D eigenvalue weighted by Crippen LogP contribution is -2.26. The second kappa shape index (κ2) is 9.86. The first-order valence-corrected chi connectivity index (χ1v) is 6.16. The lowest BCUT2D eigenvalue weighted by molar-refractivity contribution is -0.120. The van der Waals surface area contributed by atoms with Gasteiger partial charge in [-0.25, -0.2) is 0 Å². The Morgan fingerprint density at radius 2 is 2.15 bits per heavy atom. The summed E-state index contributed by atoms with van der Waals surface area (Å²) >= 11 is 1.87. The van der Waals surface area contributed by atoms with E-state index in [0.29, 0.717) is 13.0 Å². The van der Waals surface area contributed by atoms with E-state index in [4.69, 9.17) is 5.73 Å². The Bertz CT molecular complexity index is 131. The molecule has 3 N–H and O–H groups in total. The quantitative estimate of drug-likeness (QED) is 0.580. The first-order valence-electron chi connectivity index (χ1n) is 4.77. The topological polar surface area (TPSA) is 55.1 Å². The zero-order valence-corrected chi connectivity index (χ0v) is 9.16. The monoisotopic (exact) mass is 204 g/mol. The Kier molecular flexibility index (Phi) is 9.70. The van der Waals surface area contributed by atoms with Crippen molar-refractivity contribution in [2.24, 2.45) is 5.73 Å². The van der Waals surface area contributed by atoms with Crippen molar-refractivity contribution in [3.8, 4) is 0 Å². The van der Waals surface area contributed by atoms with Gasteiger partial charge in [-0.3, -0.25) is 4.79 Å². The average Bonchev–Trinajstić information content (AvgIpc) is 2.11. The summed E-state index contributed by atoms with van der Waals surface area (Å²) in [5.74, 6) is 1.30. The van der Waals surface area contributed by atoms with Crippen molar-refractivity contribution in [2.45, 2.75) is 25.7 Å². The van der Waals surface area contributed by atoms with Gasteiger partial charge in [-0.15, -0.1) is 0 Å². The molecule has 0 rings (SSSR count). The van der Waals surface area contributed by atoms with Gasteiger partial charge in [0.25, 0.3) is 0 Å². The summed E-state index contributed by atoms with van der Waals surface area (Å²) in [6, 6.07) is 0. The van der Waals surface area contributed by atoms with Crippen LogP contribution in [-0.4, -0.2) is 31.0 Å². The molecule has 0 aromatic heterocycles. The summed E-state index contributed by atoms with van der Waals surface area (Å²) in [5.41, 5.74) is 5.24. The number of hydrogen-bond acceptors (Lipinski definition) is 3. The summed E-state index contributed by atoms with van der Waals surface area (Å²) < 4.78 is 0. The average molecular weight is 204 g/mol.